The molecule has 0 radical (unpaired) electrons. The molecule has 0 aliphatic heterocycles. The fraction of sp³-hybridized carbons (Fsp3) is 0.143. The number of benzene rings is 1. The highest BCUT2D eigenvalue weighted by molar-refractivity contribution is 6.43. The smallest absolute Gasteiger partial charge is 0.204 e. The topological polar surface area (TPSA) is 0 Å². The highest BCUT2D eigenvalue weighted by Gasteiger charge is 2.35. The van der Waals surface area contributed by atoms with Gasteiger partial charge in [0.05, 0.1) is 20.6 Å². The van der Waals surface area contributed by atoms with Gasteiger partial charge in [0, 0.05) is 0 Å². The summed E-state index contributed by atoms with van der Waals surface area (Å²) in [6.45, 7) is 0. The SMILES string of the molecule is Fc1c(Cl)cc(C(F)(F)F)c(Cl)c1Cl. The molecular weight excluding hydrogens is 266 g/mol. The summed E-state index contributed by atoms with van der Waals surface area (Å²) in [5.41, 5.74) is -1.25. The molecule has 0 spiro atoms. The molecule has 0 saturated heterocycles. The number of hydrogen-bond acceptors (Lipinski definition) is 0. The lowest BCUT2D eigenvalue weighted by Crippen LogP contribution is -2.06. The molecule has 0 aliphatic rings. The van der Waals surface area contributed by atoms with Crippen molar-refractivity contribution in [2.75, 3.05) is 0 Å². The second-order valence-corrected chi connectivity index (χ2v) is 3.51. The van der Waals surface area contributed by atoms with Crippen LogP contribution in [0.5, 0.6) is 0 Å². The first-order valence-corrected chi connectivity index (χ1v) is 4.28. The lowest BCUT2D eigenvalue weighted by atomic mass is 10.2. The van der Waals surface area contributed by atoms with Gasteiger partial charge in [0.15, 0.2) is 5.82 Å². The highest BCUT2D eigenvalue weighted by atomic mass is 35.5. The average molecular weight is 267 g/mol. The third kappa shape index (κ3) is 2.07. The molecule has 0 N–H and O–H groups in total. The van der Waals surface area contributed by atoms with Crippen LogP contribution in [0.3, 0.4) is 0 Å². The molecule has 0 bridgehead atoms. The van der Waals surface area contributed by atoms with Gasteiger partial charge in [-0.05, 0) is 6.07 Å². The molecule has 1 aromatic rings. The van der Waals surface area contributed by atoms with Gasteiger partial charge < -0.3 is 0 Å². The summed E-state index contributed by atoms with van der Waals surface area (Å²) in [5.74, 6) is -1.16. The molecule has 1 rings (SSSR count). The van der Waals surface area contributed by atoms with Gasteiger partial charge in [0.2, 0.25) is 0 Å². The zero-order chi connectivity index (χ0) is 11.1. The van der Waals surface area contributed by atoms with Crippen LogP contribution in [0.15, 0.2) is 6.07 Å². The lowest BCUT2D eigenvalue weighted by molar-refractivity contribution is -0.137. The van der Waals surface area contributed by atoms with Crippen molar-refractivity contribution in [2.45, 2.75) is 6.18 Å². The Balaban J connectivity index is 3.49. The summed E-state index contributed by atoms with van der Waals surface area (Å²) >= 11 is 15.6. The summed E-state index contributed by atoms with van der Waals surface area (Å²) in [5, 5.41) is -2.43. The molecule has 1 aromatic carbocycles. The van der Waals surface area contributed by atoms with Gasteiger partial charge in [0.25, 0.3) is 0 Å². The first-order chi connectivity index (χ1) is 6.25. The quantitative estimate of drug-likeness (QED) is 0.360. The van der Waals surface area contributed by atoms with E-state index in [1.807, 2.05) is 0 Å². The Morgan fingerprint density at radius 3 is 1.93 bits per heavy atom. The monoisotopic (exact) mass is 266 g/mol. The largest absolute Gasteiger partial charge is 0.417 e. The van der Waals surface area contributed by atoms with Gasteiger partial charge in [0.1, 0.15) is 0 Å². The van der Waals surface area contributed by atoms with Crippen LogP contribution < -0.4 is 0 Å². The Kier molecular flexibility index (Phi) is 3.19. The van der Waals surface area contributed by atoms with E-state index >= 15 is 0 Å². The maximum atomic E-state index is 12.8. The van der Waals surface area contributed by atoms with Gasteiger partial charge in [-0.2, -0.15) is 13.2 Å². The van der Waals surface area contributed by atoms with Crippen molar-refractivity contribution in [3.63, 3.8) is 0 Å². The van der Waals surface area contributed by atoms with E-state index in [0.717, 1.165) is 0 Å². The van der Waals surface area contributed by atoms with Gasteiger partial charge >= 0.3 is 6.18 Å². The van der Waals surface area contributed by atoms with Crippen LogP contribution in [0.4, 0.5) is 17.6 Å². The highest BCUT2D eigenvalue weighted by Crippen LogP contribution is 2.41. The van der Waals surface area contributed by atoms with Crippen LogP contribution in [-0.4, -0.2) is 0 Å². The van der Waals surface area contributed by atoms with E-state index < -0.39 is 32.6 Å². The Morgan fingerprint density at radius 1 is 1.00 bits per heavy atom. The van der Waals surface area contributed by atoms with E-state index in [2.05, 4.69) is 0 Å². The molecule has 0 fully saturated rings. The Hall–Kier alpha value is -0.190. The normalized spacial score (nSPS) is 11.9. The Bertz CT molecular complexity index is 372. The van der Waals surface area contributed by atoms with E-state index in [9.17, 15) is 17.6 Å². The maximum absolute atomic E-state index is 12.8. The van der Waals surface area contributed by atoms with Crippen molar-refractivity contribution in [2.24, 2.45) is 0 Å². The molecule has 78 valence electrons. The Labute approximate surface area is 91.4 Å². The van der Waals surface area contributed by atoms with Gasteiger partial charge in [-0.1, -0.05) is 34.8 Å². The molecule has 0 aliphatic carbocycles. The summed E-state index contributed by atoms with van der Waals surface area (Å²) in [7, 11) is 0. The summed E-state index contributed by atoms with van der Waals surface area (Å²) in [6.07, 6.45) is -4.71. The first-order valence-electron chi connectivity index (χ1n) is 3.15. The minimum absolute atomic E-state index is 0.394. The first kappa shape index (κ1) is 11.9. The third-order valence-electron chi connectivity index (χ3n) is 1.41. The number of hydrogen-bond donors (Lipinski definition) is 0. The predicted molar refractivity (Wildman–Crippen MR) is 46.4 cm³/mol. The second-order valence-electron chi connectivity index (χ2n) is 2.35. The predicted octanol–water partition coefficient (Wildman–Crippen LogP) is 4.80. The molecule has 14 heavy (non-hydrogen) atoms. The van der Waals surface area contributed by atoms with Crippen LogP contribution in [-0.2, 0) is 6.18 Å². The van der Waals surface area contributed by atoms with Gasteiger partial charge in [-0.15, -0.1) is 0 Å². The van der Waals surface area contributed by atoms with Crippen LogP contribution in [0.25, 0.3) is 0 Å². The molecule has 0 atom stereocenters. The van der Waals surface area contributed by atoms with Crippen molar-refractivity contribution in [1.82, 2.24) is 0 Å². The fourth-order valence-electron chi connectivity index (χ4n) is 0.779. The molecule has 0 amide bonds. The van der Waals surface area contributed by atoms with Crippen molar-refractivity contribution in [3.8, 4) is 0 Å². The number of alkyl halides is 3. The van der Waals surface area contributed by atoms with Crippen molar-refractivity contribution < 1.29 is 17.6 Å². The molecule has 0 aromatic heterocycles. The summed E-state index contributed by atoms with van der Waals surface area (Å²) < 4.78 is 49.5. The molecule has 0 unspecified atom stereocenters. The standard InChI is InChI=1S/C7HCl3F4/c8-3-1-2(7(12,13)14)4(9)5(10)6(3)11/h1H. The van der Waals surface area contributed by atoms with E-state index in [1.165, 1.54) is 0 Å². The van der Waals surface area contributed by atoms with Crippen LogP contribution in [0, 0.1) is 5.82 Å². The van der Waals surface area contributed by atoms with Gasteiger partial charge in [-0.25, -0.2) is 4.39 Å². The molecule has 0 heterocycles. The van der Waals surface area contributed by atoms with E-state index in [4.69, 9.17) is 34.8 Å². The van der Waals surface area contributed by atoms with Crippen molar-refractivity contribution >= 4 is 34.8 Å². The summed E-state index contributed by atoms with van der Waals surface area (Å²) in [6, 6.07) is 0.394. The zero-order valence-electron chi connectivity index (χ0n) is 6.22. The van der Waals surface area contributed by atoms with Crippen molar-refractivity contribution in [3.05, 3.63) is 32.5 Å². The molecular formula is C7HCl3F4. The maximum Gasteiger partial charge on any atom is 0.417 e. The Morgan fingerprint density at radius 2 is 1.50 bits per heavy atom. The van der Waals surface area contributed by atoms with Gasteiger partial charge in [-0.3, -0.25) is 0 Å². The van der Waals surface area contributed by atoms with E-state index in [1.54, 1.807) is 0 Å². The minimum Gasteiger partial charge on any atom is -0.204 e. The molecule has 7 heteroatoms. The minimum atomic E-state index is -4.71. The van der Waals surface area contributed by atoms with E-state index in [0.29, 0.717) is 6.07 Å². The fourth-order valence-corrected chi connectivity index (χ4v) is 1.48. The molecule has 0 saturated carbocycles. The van der Waals surface area contributed by atoms with Crippen LogP contribution >= 0.6 is 34.8 Å². The summed E-state index contributed by atoms with van der Waals surface area (Å²) in [4.78, 5) is 0. The number of halogens is 7. The third-order valence-corrected chi connectivity index (χ3v) is 2.53. The average Bonchev–Trinajstić information content (AvgIpc) is 2.06. The van der Waals surface area contributed by atoms with Crippen LogP contribution in [0.2, 0.25) is 15.1 Å². The second kappa shape index (κ2) is 3.76. The van der Waals surface area contributed by atoms with Crippen molar-refractivity contribution in [1.29, 1.82) is 0 Å². The van der Waals surface area contributed by atoms with E-state index in [-0.39, 0.29) is 0 Å². The number of rotatable bonds is 0. The van der Waals surface area contributed by atoms with Crippen LogP contribution in [0.1, 0.15) is 5.56 Å². The lowest BCUT2D eigenvalue weighted by Gasteiger charge is -2.11. The molecule has 0 nitrogen and oxygen atoms in total. The zero-order valence-corrected chi connectivity index (χ0v) is 8.49.